The summed E-state index contributed by atoms with van der Waals surface area (Å²) in [5.41, 5.74) is 8.24. The summed E-state index contributed by atoms with van der Waals surface area (Å²) in [5.74, 6) is 0.382. The number of aryl methyl sites for hydroxylation is 1. The highest BCUT2D eigenvalue weighted by molar-refractivity contribution is 8.00. The molecule has 0 bridgehead atoms. The van der Waals surface area contributed by atoms with Crippen LogP contribution >= 0.6 is 11.8 Å². The van der Waals surface area contributed by atoms with Gasteiger partial charge in [0.2, 0.25) is 5.91 Å². The van der Waals surface area contributed by atoms with Crippen LogP contribution in [0.5, 0.6) is 0 Å². The van der Waals surface area contributed by atoms with Gasteiger partial charge in [0.25, 0.3) is 0 Å². The molecule has 3 nitrogen and oxygen atoms in total. The summed E-state index contributed by atoms with van der Waals surface area (Å²) in [6.45, 7) is 2.04. The average molecular weight is 272 g/mol. The second-order valence-corrected chi connectivity index (χ2v) is 5.24. The third-order valence-electron chi connectivity index (χ3n) is 2.65. The molecule has 0 saturated carbocycles. The molecule has 0 aliphatic rings. The van der Waals surface area contributed by atoms with Crippen LogP contribution in [0.2, 0.25) is 0 Å². The van der Waals surface area contributed by atoms with Crippen molar-refractivity contribution < 1.29 is 4.79 Å². The van der Waals surface area contributed by atoms with Crippen LogP contribution in [0.25, 0.3) is 0 Å². The highest BCUT2D eigenvalue weighted by Gasteiger charge is 2.05. The first kappa shape index (κ1) is 13.5. The van der Waals surface area contributed by atoms with Gasteiger partial charge in [-0.05, 0) is 42.8 Å². The lowest BCUT2D eigenvalue weighted by atomic mass is 10.2. The smallest absolute Gasteiger partial charge is 0.234 e. The van der Waals surface area contributed by atoms with Gasteiger partial charge in [0.15, 0.2) is 0 Å². The Kier molecular flexibility index (Phi) is 4.47. The molecule has 4 heteroatoms. The Morgan fingerprint density at radius 2 is 1.84 bits per heavy atom. The van der Waals surface area contributed by atoms with Gasteiger partial charge in [-0.25, -0.2) is 0 Å². The Balaban J connectivity index is 1.88. The summed E-state index contributed by atoms with van der Waals surface area (Å²) >= 11 is 1.54. The zero-order valence-electron chi connectivity index (χ0n) is 10.7. The van der Waals surface area contributed by atoms with E-state index in [1.165, 1.54) is 5.56 Å². The molecule has 0 fully saturated rings. The Bertz CT molecular complexity index is 567. The van der Waals surface area contributed by atoms with Gasteiger partial charge in [0.05, 0.1) is 5.75 Å². The van der Waals surface area contributed by atoms with Crippen LogP contribution in [-0.2, 0) is 4.79 Å². The van der Waals surface area contributed by atoms with Gasteiger partial charge in [-0.2, -0.15) is 0 Å². The molecule has 0 saturated heterocycles. The molecule has 19 heavy (non-hydrogen) atoms. The minimum atomic E-state index is -0.0157. The van der Waals surface area contributed by atoms with Crippen molar-refractivity contribution in [1.29, 1.82) is 0 Å². The van der Waals surface area contributed by atoms with Crippen molar-refractivity contribution in [3.05, 3.63) is 54.1 Å². The van der Waals surface area contributed by atoms with Crippen LogP contribution in [0.4, 0.5) is 11.4 Å². The zero-order chi connectivity index (χ0) is 13.7. The summed E-state index contributed by atoms with van der Waals surface area (Å²) in [6, 6.07) is 15.2. The van der Waals surface area contributed by atoms with Crippen molar-refractivity contribution in [3.63, 3.8) is 0 Å². The van der Waals surface area contributed by atoms with E-state index in [9.17, 15) is 4.79 Å². The van der Waals surface area contributed by atoms with E-state index >= 15 is 0 Å². The van der Waals surface area contributed by atoms with E-state index in [0.29, 0.717) is 11.4 Å². The number of nitrogens with one attached hydrogen (secondary N) is 1. The SMILES string of the molecule is Cc1ccccc1SCC(=O)Nc1ccc(N)cc1. The maximum Gasteiger partial charge on any atom is 0.234 e. The fourth-order valence-corrected chi connectivity index (χ4v) is 2.45. The molecule has 98 valence electrons. The Hall–Kier alpha value is -1.94. The first-order chi connectivity index (χ1) is 9.15. The number of hydrogen-bond acceptors (Lipinski definition) is 3. The van der Waals surface area contributed by atoms with Crippen molar-refractivity contribution in [2.45, 2.75) is 11.8 Å². The minimum Gasteiger partial charge on any atom is -0.399 e. The number of nitrogens with two attached hydrogens (primary N) is 1. The molecule has 0 heterocycles. The lowest BCUT2D eigenvalue weighted by Gasteiger charge is -2.07. The van der Waals surface area contributed by atoms with Crippen molar-refractivity contribution in [2.75, 3.05) is 16.8 Å². The largest absolute Gasteiger partial charge is 0.399 e. The Morgan fingerprint density at radius 3 is 2.53 bits per heavy atom. The van der Waals surface area contributed by atoms with Crippen molar-refractivity contribution in [2.24, 2.45) is 0 Å². The quantitative estimate of drug-likeness (QED) is 0.663. The van der Waals surface area contributed by atoms with Crippen LogP contribution in [0.3, 0.4) is 0 Å². The van der Waals surface area contributed by atoms with Gasteiger partial charge in [0, 0.05) is 16.3 Å². The number of nitrogen functional groups attached to an aromatic ring is 1. The molecule has 2 aromatic carbocycles. The molecule has 0 unspecified atom stereocenters. The molecular formula is C15H16N2OS. The fraction of sp³-hybridized carbons (Fsp3) is 0.133. The number of benzene rings is 2. The topological polar surface area (TPSA) is 55.1 Å². The summed E-state index contributed by atoms with van der Waals surface area (Å²) in [4.78, 5) is 13.0. The maximum atomic E-state index is 11.8. The summed E-state index contributed by atoms with van der Waals surface area (Å²) in [7, 11) is 0. The number of carbonyl (C=O) groups is 1. The highest BCUT2D eigenvalue weighted by Crippen LogP contribution is 2.22. The molecule has 1 amide bonds. The van der Waals surface area contributed by atoms with Crippen molar-refractivity contribution in [3.8, 4) is 0 Å². The first-order valence-corrected chi connectivity index (χ1v) is 6.97. The maximum absolute atomic E-state index is 11.8. The Morgan fingerprint density at radius 1 is 1.16 bits per heavy atom. The predicted molar refractivity (Wildman–Crippen MR) is 81.4 cm³/mol. The van der Waals surface area contributed by atoms with Gasteiger partial charge in [0.1, 0.15) is 0 Å². The normalized spacial score (nSPS) is 10.2. The number of amides is 1. The molecule has 0 atom stereocenters. The molecular weight excluding hydrogens is 256 g/mol. The zero-order valence-corrected chi connectivity index (χ0v) is 11.5. The van der Waals surface area contributed by atoms with Gasteiger partial charge >= 0.3 is 0 Å². The van der Waals surface area contributed by atoms with E-state index in [2.05, 4.69) is 5.32 Å². The number of hydrogen-bond donors (Lipinski definition) is 2. The number of carbonyl (C=O) groups excluding carboxylic acids is 1. The van der Waals surface area contributed by atoms with Crippen LogP contribution in [0, 0.1) is 6.92 Å². The minimum absolute atomic E-state index is 0.0157. The summed E-state index contributed by atoms with van der Waals surface area (Å²) in [6.07, 6.45) is 0. The second-order valence-electron chi connectivity index (χ2n) is 4.22. The summed E-state index contributed by atoms with van der Waals surface area (Å²) < 4.78 is 0. The summed E-state index contributed by atoms with van der Waals surface area (Å²) in [5, 5.41) is 2.84. The van der Waals surface area contributed by atoms with Crippen LogP contribution < -0.4 is 11.1 Å². The average Bonchev–Trinajstić information content (AvgIpc) is 2.40. The molecule has 2 rings (SSSR count). The first-order valence-electron chi connectivity index (χ1n) is 5.99. The lowest BCUT2D eigenvalue weighted by Crippen LogP contribution is -2.14. The van der Waals surface area contributed by atoms with E-state index in [4.69, 9.17) is 5.73 Å². The lowest BCUT2D eigenvalue weighted by molar-refractivity contribution is -0.113. The van der Waals surface area contributed by atoms with Crippen LogP contribution in [-0.4, -0.2) is 11.7 Å². The fourth-order valence-electron chi connectivity index (χ4n) is 1.63. The van der Waals surface area contributed by atoms with Crippen LogP contribution in [0.15, 0.2) is 53.4 Å². The number of thioether (sulfide) groups is 1. The molecule has 2 aromatic rings. The van der Waals surface area contributed by atoms with E-state index in [1.54, 1.807) is 36.0 Å². The van der Waals surface area contributed by atoms with Crippen molar-refractivity contribution >= 4 is 29.0 Å². The van der Waals surface area contributed by atoms with Gasteiger partial charge in [-0.15, -0.1) is 11.8 Å². The monoisotopic (exact) mass is 272 g/mol. The van der Waals surface area contributed by atoms with Crippen molar-refractivity contribution in [1.82, 2.24) is 0 Å². The molecule has 0 aliphatic carbocycles. The van der Waals surface area contributed by atoms with Gasteiger partial charge < -0.3 is 11.1 Å². The molecule has 0 spiro atoms. The second kappa shape index (κ2) is 6.29. The van der Waals surface area contributed by atoms with Gasteiger partial charge in [-0.3, -0.25) is 4.79 Å². The number of anilines is 2. The molecule has 0 aliphatic heterocycles. The third-order valence-corrected chi connectivity index (χ3v) is 3.82. The molecule has 3 N–H and O–H groups in total. The van der Waals surface area contributed by atoms with E-state index in [0.717, 1.165) is 10.6 Å². The standard InChI is InChI=1S/C15H16N2OS/c1-11-4-2-3-5-14(11)19-10-15(18)17-13-8-6-12(16)7-9-13/h2-9H,10,16H2,1H3,(H,17,18). The molecule has 0 radical (unpaired) electrons. The van der Waals surface area contributed by atoms with E-state index < -0.39 is 0 Å². The third kappa shape index (κ3) is 4.03. The predicted octanol–water partition coefficient (Wildman–Crippen LogP) is 3.31. The van der Waals surface area contributed by atoms with E-state index in [-0.39, 0.29) is 5.91 Å². The molecule has 0 aromatic heterocycles. The number of rotatable bonds is 4. The van der Waals surface area contributed by atoms with Gasteiger partial charge in [-0.1, -0.05) is 18.2 Å². The Labute approximate surface area is 117 Å². The van der Waals surface area contributed by atoms with E-state index in [1.807, 2.05) is 31.2 Å². The van der Waals surface area contributed by atoms with Crippen LogP contribution in [0.1, 0.15) is 5.56 Å². The highest BCUT2D eigenvalue weighted by atomic mass is 32.2.